The maximum atomic E-state index is 9.89. The number of hydrogen-bond donors (Lipinski definition) is 4. The molecule has 7 nitrogen and oxygen atoms in total. The first-order chi connectivity index (χ1) is 10.5. The number of aromatic nitrogens is 1. The second-order valence-electron chi connectivity index (χ2n) is 4.13. The predicted octanol–water partition coefficient (Wildman–Crippen LogP) is 1.38. The minimum absolute atomic E-state index is 0.459. The molecule has 4 N–H and O–H groups in total. The van der Waals surface area contributed by atoms with Crippen LogP contribution in [0, 0.1) is 0 Å². The van der Waals surface area contributed by atoms with Gasteiger partial charge in [-0.05, 0) is 17.7 Å². The summed E-state index contributed by atoms with van der Waals surface area (Å²) in [6.45, 7) is 0.459. The summed E-state index contributed by atoms with van der Waals surface area (Å²) in [5.74, 6) is -2.87. The normalized spacial score (nSPS) is 10.8. The first kappa shape index (κ1) is 17.1. The van der Waals surface area contributed by atoms with E-state index < -0.39 is 18.0 Å². The minimum Gasteiger partial charge on any atom is -0.473 e. The largest absolute Gasteiger partial charge is 0.473 e. The molecule has 1 heterocycles. The van der Waals surface area contributed by atoms with Crippen LogP contribution < -0.4 is 5.32 Å². The molecule has 0 bridgehead atoms. The fraction of sp³-hybridized carbons (Fsp3) is 0.133. The molecule has 0 aliphatic rings. The average molecular weight is 304 g/mol. The van der Waals surface area contributed by atoms with Crippen molar-refractivity contribution in [3.63, 3.8) is 0 Å². The van der Waals surface area contributed by atoms with Crippen molar-refractivity contribution in [2.45, 2.75) is 6.10 Å². The van der Waals surface area contributed by atoms with Gasteiger partial charge in [0.05, 0.1) is 6.10 Å². The topological polar surface area (TPSA) is 120 Å². The molecule has 0 aliphatic carbocycles. The molecule has 0 saturated heterocycles. The summed E-state index contributed by atoms with van der Waals surface area (Å²) in [7, 11) is 0. The van der Waals surface area contributed by atoms with Crippen LogP contribution in [-0.2, 0) is 9.59 Å². The molecule has 116 valence electrons. The van der Waals surface area contributed by atoms with Crippen molar-refractivity contribution in [3.05, 3.63) is 60.3 Å². The quantitative estimate of drug-likeness (QED) is 0.630. The lowest BCUT2D eigenvalue weighted by atomic mass is 10.1. The zero-order chi connectivity index (χ0) is 16.4. The van der Waals surface area contributed by atoms with Gasteiger partial charge in [0.1, 0.15) is 5.82 Å². The molecule has 0 radical (unpaired) electrons. The van der Waals surface area contributed by atoms with Gasteiger partial charge < -0.3 is 20.6 Å². The highest BCUT2D eigenvalue weighted by Gasteiger charge is 2.06. The van der Waals surface area contributed by atoms with Crippen LogP contribution in [0.1, 0.15) is 11.7 Å². The number of aliphatic hydroxyl groups is 1. The van der Waals surface area contributed by atoms with Crippen LogP contribution in [0.5, 0.6) is 0 Å². The summed E-state index contributed by atoms with van der Waals surface area (Å²) in [6.07, 6.45) is 1.21. The Hall–Kier alpha value is -2.93. The molecule has 1 unspecified atom stereocenters. The number of benzene rings is 1. The standard InChI is InChI=1S/C13H14N2O.C2H2O4/c16-12(11-6-2-1-3-7-11)10-15-13-8-4-5-9-14-13;3-1(4)2(5)6/h1-9,12,16H,10H2,(H,14,15);(H,3,4)(H,5,6). The van der Waals surface area contributed by atoms with Gasteiger partial charge >= 0.3 is 11.9 Å². The molecule has 7 heteroatoms. The first-order valence-corrected chi connectivity index (χ1v) is 6.35. The number of nitrogens with one attached hydrogen (secondary N) is 1. The second kappa shape index (κ2) is 9.09. The molecule has 0 fully saturated rings. The lowest BCUT2D eigenvalue weighted by Gasteiger charge is -2.12. The van der Waals surface area contributed by atoms with E-state index in [1.807, 2.05) is 48.5 Å². The van der Waals surface area contributed by atoms with E-state index in [1.54, 1.807) is 6.20 Å². The number of rotatable bonds is 4. The van der Waals surface area contributed by atoms with E-state index in [9.17, 15) is 5.11 Å². The predicted molar refractivity (Wildman–Crippen MR) is 79.4 cm³/mol. The average Bonchev–Trinajstić information content (AvgIpc) is 2.55. The zero-order valence-corrected chi connectivity index (χ0v) is 11.6. The molecule has 0 aliphatic heterocycles. The Morgan fingerprint density at radius 3 is 2.09 bits per heavy atom. The van der Waals surface area contributed by atoms with E-state index in [2.05, 4.69) is 10.3 Å². The maximum absolute atomic E-state index is 9.89. The Bertz CT molecular complexity index is 577. The Morgan fingerprint density at radius 1 is 1.00 bits per heavy atom. The molecule has 1 aromatic heterocycles. The Labute approximate surface area is 126 Å². The van der Waals surface area contributed by atoms with Gasteiger partial charge in [0, 0.05) is 12.7 Å². The number of nitrogens with zero attached hydrogens (tertiary/aromatic N) is 1. The number of carboxylic acid groups (broad SMARTS) is 2. The van der Waals surface area contributed by atoms with Gasteiger partial charge in [-0.15, -0.1) is 0 Å². The van der Waals surface area contributed by atoms with E-state index in [-0.39, 0.29) is 0 Å². The number of aliphatic hydroxyl groups excluding tert-OH is 1. The van der Waals surface area contributed by atoms with Crippen molar-refractivity contribution in [2.75, 3.05) is 11.9 Å². The van der Waals surface area contributed by atoms with E-state index in [0.717, 1.165) is 11.4 Å². The number of aliphatic carboxylic acids is 2. The summed E-state index contributed by atoms with van der Waals surface area (Å²) in [6, 6.07) is 15.2. The summed E-state index contributed by atoms with van der Waals surface area (Å²) >= 11 is 0. The Kier molecular flexibility index (Phi) is 7.07. The van der Waals surface area contributed by atoms with Gasteiger partial charge in [-0.3, -0.25) is 0 Å². The van der Waals surface area contributed by atoms with Crippen LogP contribution in [0.15, 0.2) is 54.7 Å². The molecule has 1 atom stereocenters. The zero-order valence-electron chi connectivity index (χ0n) is 11.6. The molecular weight excluding hydrogens is 288 g/mol. The lowest BCUT2D eigenvalue weighted by molar-refractivity contribution is -0.159. The fourth-order valence-electron chi connectivity index (χ4n) is 1.46. The monoisotopic (exact) mass is 304 g/mol. The van der Waals surface area contributed by atoms with Crippen LogP contribution in [0.4, 0.5) is 5.82 Å². The molecule has 0 amide bonds. The smallest absolute Gasteiger partial charge is 0.414 e. The third kappa shape index (κ3) is 6.49. The molecule has 0 spiro atoms. The number of hydrogen-bond acceptors (Lipinski definition) is 5. The van der Waals surface area contributed by atoms with Crippen LogP contribution in [-0.4, -0.2) is 38.8 Å². The van der Waals surface area contributed by atoms with Crippen molar-refractivity contribution in [3.8, 4) is 0 Å². The Morgan fingerprint density at radius 2 is 1.59 bits per heavy atom. The SMILES string of the molecule is O=C(O)C(=O)O.OC(CNc1ccccn1)c1ccccc1. The van der Waals surface area contributed by atoms with Crippen molar-refractivity contribution in [1.29, 1.82) is 0 Å². The van der Waals surface area contributed by atoms with Crippen LogP contribution in [0.25, 0.3) is 0 Å². The summed E-state index contributed by atoms with van der Waals surface area (Å²) < 4.78 is 0. The molecule has 0 saturated carbocycles. The van der Waals surface area contributed by atoms with E-state index >= 15 is 0 Å². The lowest BCUT2D eigenvalue weighted by Crippen LogP contribution is -2.12. The third-order valence-electron chi connectivity index (χ3n) is 2.51. The second-order valence-corrected chi connectivity index (χ2v) is 4.13. The highest BCUT2D eigenvalue weighted by Crippen LogP contribution is 2.12. The summed E-state index contributed by atoms with van der Waals surface area (Å²) in [5, 5.41) is 27.8. The van der Waals surface area contributed by atoms with Gasteiger partial charge in [0.25, 0.3) is 0 Å². The maximum Gasteiger partial charge on any atom is 0.414 e. The molecule has 22 heavy (non-hydrogen) atoms. The Balaban J connectivity index is 0.000000346. The van der Waals surface area contributed by atoms with Gasteiger partial charge in [-0.25, -0.2) is 14.6 Å². The van der Waals surface area contributed by atoms with E-state index in [4.69, 9.17) is 19.8 Å². The number of carboxylic acids is 2. The fourth-order valence-corrected chi connectivity index (χ4v) is 1.46. The number of anilines is 1. The first-order valence-electron chi connectivity index (χ1n) is 6.35. The van der Waals surface area contributed by atoms with Gasteiger partial charge in [0.2, 0.25) is 0 Å². The van der Waals surface area contributed by atoms with Crippen molar-refractivity contribution in [1.82, 2.24) is 4.98 Å². The highest BCUT2D eigenvalue weighted by molar-refractivity contribution is 6.27. The van der Waals surface area contributed by atoms with Crippen LogP contribution in [0.3, 0.4) is 0 Å². The number of pyridine rings is 1. The van der Waals surface area contributed by atoms with E-state index in [0.29, 0.717) is 6.54 Å². The van der Waals surface area contributed by atoms with Gasteiger partial charge in [-0.2, -0.15) is 0 Å². The van der Waals surface area contributed by atoms with Gasteiger partial charge in [0.15, 0.2) is 0 Å². The molecule has 2 aromatic rings. The van der Waals surface area contributed by atoms with Crippen LogP contribution in [0.2, 0.25) is 0 Å². The third-order valence-corrected chi connectivity index (χ3v) is 2.51. The van der Waals surface area contributed by atoms with Crippen molar-refractivity contribution >= 4 is 17.8 Å². The van der Waals surface area contributed by atoms with Crippen molar-refractivity contribution < 1.29 is 24.9 Å². The number of carbonyl (C=O) groups is 2. The van der Waals surface area contributed by atoms with E-state index in [1.165, 1.54) is 0 Å². The summed E-state index contributed by atoms with van der Waals surface area (Å²) in [5.41, 5.74) is 0.908. The molecular formula is C15H16N2O5. The summed E-state index contributed by atoms with van der Waals surface area (Å²) in [4.78, 5) is 22.3. The highest BCUT2D eigenvalue weighted by atomic mass is 16.4. The molecule has 1 aromatic carbocycles. The van der Waals surface area contributed by atoms with Gasteiger partial charge in [-0.1, -0.05) is 36.4 Å². The van der Waals surface area contributed by atoms with Crippen LogP contribution >= 0.6 is 0 Å². The van der Waals surface area contributed by atoms with Crippen molar-refractivity contribution in [2.24, 2.45) is 0 Å². The molecule has 2 rings (SSSR count). The minimum atomic E-state index is -1.82.